The number of hydrogen-bond donors (Lipinski definition) is 2. The summed E-state index contributed by atoms with van der Waals surface area (Å²) in [5.41, 5.74) is 3.16. The van der Waals surface area contributed by atoms with Crippen LogP contribution in [0.3, 0.4) is 0 Å². The Balaban J connectivity index is 1.37. The zero-order valence-corrected chi connectivity index (χ0v) is 18.9. The fourth-order valence-electron chi connectivity index (χ4n) is 5.02. The van der Waals surface area contributed by atoms with E-state index in [9.17, 15) is 14.4 Å². The lowest BCUT2D eigenvalue weighted by Crippen LogP contribution is -2.48. The van der Waals surface area contributed by atoms with Gasteiger partial charge in [0.2, 0.25) is 5.91 Å². The Hall–Kier alpha value is -3.93. The summed E-state index contributed by atoms with van der Waals surface area (Å²) >= 11 is 0. The maximum Gasteiger partial charge on any atom is 0.258 e. The molecule has 34 heavy (non-hydrogen) atoms. The molecule has 2 heterocycles. The van der Waals surface area contributed by atoms with Gasteiger partial charge < -0.3 is 15.5 Å². The first kappa shape index (κ1) is 21.9. The standard InChI is InChI=1S/C28H27N3O3/c32-25(20-7-2-1-3-8-20)30-23-13-11-21(12-14-23)26(33)31-18-16-28(15-6-17-29-27(28)34)19-22-9-4-5-10-24(22)31/h1-5,7-14H,6,15-19H2,(H,29,34)(H,30,32). The highest BCUT2D eigenvalue weighted by Gasteiger charge is 2.43. The summed E-state index contributed by atoms with van der Waals surface area (Å²) in [6, 6.07) is 23.8. The average Bonchev–Trinajstić information content (AvgIpc) is 3.04. The number of para-hydroxylation sites is 1. The van der Waals surface area contributed by atoms with Crippen LogP contribution in [0.25, 0.3) is 0 Å². The molecule has 1 spiro atoms. The lowest BCUT2D eigenvalue weighted by Gasteiger charge is -2.35. The van der Waals surface area contributed by atoms with Gasteiger partial charge in [-0.3, -0.25) is 14.4 Å². The SMILES string of the molecule is O=C(Nc1ccc(C(=O)N2CCC3(CCCNC3=O)Cc3ccccc32)cc1)c1ccccc1. The lowest BCUT2D eigenvalue weighted by molar-refractivity contribution is -0.133. The van der Waals surface area contributed by atoms with Crippen molar-refractivity contribution in [1.29, 1.82) is 0 Å². The Bertz CT molecular complexity index is 1220. The minimum absolute atomic E-state index is 0.0985. The number of fused-ring (bicyclic) bond motifs is 1. The van der Waals surface area contributed by atoms with Gasteiger partial charge in [0.05, 0.1) is 5.41 Å². The normalized spacial score (nSPS) is 19.6. The Labute approximate surface area is 199 Å². The Morgan fingerprint density at radius 1 is 0.853 bits per heavy atom. The maximum atomic E-state index is 13.6. The zero-order valence-electron chi connectivity index (χ0n) is 18.9. The molecule has 6 nitrogen and oxygen atoms in total. The van der Waals surface area contributed by atoms with Gasteiger partial charge in [0.25, 0.3) is 11.8 Å². The molecule has 2 aliphatic rings. The molecular weight excluding hydrogens is 426 g/mol. The molecule has 3 amide bonds. The van der Waals surface area contributed by atoms with Gasteiger partial charge in [-0.25, -0.2) is 0 Å². The molecule has 0 radical (unpaired) electrons. The quantitative estimate of drug-likeness (QED) is 0.616. The van der Waals surface area contributed by atoms with Crippen molar-refractivity contribution in [2.45, 2.75) is 25.7 Å². The maximum absolute atomic E-state index is 13.6. The minimum Gasteiger partial charge on any atom is -0.356 e. The number of benzene rings is 3. The van der Waals surface area contributed by atoms with E-state index < -0.39 is 5.41 Å². The third-order valence-corrected chi connectivity index (χ3v) is 6.90. The molecule has 3 aromatic carbocycles. The van der Waals surface area contributed by atoms with E-state index in [2.05, 4.69) is 10.6 Å². The summed E-state index contributed by atoms with van der Waals surface area (Å²) in [5.74, 6) is -0.208. The molecule has 0 aromatic heterocycles. The number of rotatable bonds is 3. The molecule has 1 fully saturated rings. The van der Waals surface area contributed by atoms with Gasteiger partial charge in [-0.2, -0.15) is 0 Å². The first-order chi connectivity index (χ1) is 16.6. The van der Waals surface area contributed by atoms with Crippen LogP contribution in [0.1, 0.15) is 45.5 Å². The first-order valence-electron chi connectivity index (χ1n) is 11.7. The Morgan fingerprint density at radius 3 is 2.35 bits per heavy atom. The molecule has 2 N–H and O–H groups in total. The summed E-state index contributed by atoms with van der Waals surface area (Å²) in [4.78, 5) is 40.6. The third kappa shape index (κ3) is 4.19. The van der Waals surface area contributed by atoms with Gasteiger partial charge in [0.1, 0.15) is 0 Å². The summed E-state index contributed by atoms with van der Waals surface area (Å²) in [7, 11) is 0. The molecule has 172 valence electrons. The fourth-order valence-corrected chi connectivity index (χ4v) is 5.02. The summed E-state index contributed by atoms with van der Waals surface area (Å²) in [6.45, 7) is 1.20. The first-order valence-corrected chi connectivity index (χ1v) is 11.7. The van der Waals surface area contributed by atoms with Crippen LogP contribution in [-0.4, -0.2) is 30.8 Å². The van der Waals surface area contributed by atoms with Crippen LogP contribution in [0.5, 0.6) is 0 Å². The molecule has 5 rings (SSSR count). The predicted octanol–water partition coefficient (Wildman–Crippen LogP) is 4.43. The van der Waals surface area contributed by atoms with Crippen LogP contribution in [0, 0.1) is 5.41 Å². The van der Waals surface area contributed by atoms with Crippen molar-refractivity contribution in [3.63, 3.8) is 0 Å². The number of hydrogen-bond acceptors (Lipinski definition) is 3. The van der Waals surface area contributed by atoms with Crippen molar-refractivity contribution < 1.29 is 14.4 Å². The highest BCUT2D eigenvalue weighted by atomic mass is 16.2. The summed E-state index contributed by atoms with van der Waals surface area (Å²) < 4.78 is 0. The number of carbonyl (C=O) groups excluding carboxylic acids is 3. The Morgan fingerprint density at radius 2 is 1.59 bits per heavy atom. The molecule has 0 bridgehead atoms. The molecule has 0 aliphatic carbocycles. The summed E-state index contributed by atoms with van der Waals surface area (Å²) in [6.07, 6.45) is 3.07. The number of carbonyl (C=O) groups is 3. The highest BCUT2D eigenvalue weighted by Crippen LogP contribution is 2.41. The molecule has 0 saturated carbocycles. The van der Waals surface area contributed by atoms with Crippen LogP contribution in [0.15, 0.2) is 78.9 Å². The molecular formula is C28H27N3O3. The van der Waals surface area contributed by atoms with Gasteiger partial charge in [0, 0.05) is 35.6 Å². The summed E-state index contributed by atoms with van der Waals surface area (Å²) in [5, 5.41) is 5.90. The van der Waals surface area contributed by atoms with Crippen molar-refractivity contribution in [2.75, 3.05) is 23.3 Å². The Kier molecular flexibility index (Phi) is 5.88. The average molecular weight is 454 g/mol. The van der Waals surface area contributed by atoms with E-state index >= 15 is 0 Å². The van der Waals surface area contributed by atoms with E-state index in [-0.39, 0.29) is 17.7 Å². The number of nitrogens with one attached hydrogen (secondary N) is 2. The molecule has 1 atom stereocenters. The van der Waals surface area contributed by atoms with Gasteiger partial charge in [-0.15, -0.1) is 0 Å². The largest absolute Gasteiger partial charge is 0.356 e. The van der Waals surface area contributed by atoms with Crippen molar-refractivity contribution in [3.8, 4) is 0 Å². The van der Waals surface area contributed by atoms with Gasteiger partial charge >= 0.3 is 0 Å². The molecule has 1 unspecified atom stereocenters. The van der Waals surface area contributed by atoms with E-state index in [1.165, 1.54) is 0 Å². The topological polar surface area (TPSA) is 78.5 Å². The van der Waals surface area contributed by atoms with Gasteiger partial charge in [-0.05, 0) is 73.7 Å². The van der Waals surface area contributed by atoms with Crippen LogP contribution in [0.2, 0.25) is 0 Å². The number of piperidine rings is 1. The van der Waals surface area contributed by atoms with Crippen LogP contribution >= 0.6 is 0 Å². The third-order valence-electron chi connectivity index (χ3n) is 6.90. The highest BCUT2D eigenvalue weighted by molar-refractivity contribution is 6.08. The van der Waals surface area contributed by atoms with Crippen molar-refractivity contribution in [2.24, 2.45) is 5.41 Å². The van der Waals surface area contributed by atoms with E-state index in [4.69, 9.17) is 0 Å². The molecule has 2 aliphatic heterocycles. The van der Waals surface area contributed by atoms with Crippen LogP contribution < -0.4 is 15.5 Å². The minimum atomic E-state index is -0.463. The van der Waals surface area contributed by atoms with Gasteiger partial charge in [0.15, 0.2) is 0 Å². The molecule has 6 heteroatoms. The molecule has 1 saturated heterocycles. The lowest BCUT2D eigenvalue weighted by atomic mass is 9.73. The van der Waals surface area contributed by atoms with Crippen molar-refractivity contribution in [3.05, 3.63) is 95.6 Å². The fraction of sp³-hybridized carbons (Fsp3) is 0.250. The molecule has 3 aromatic rings. The second-order valence-corrected chi connectivity index (χ2v) is 9.05. The monoisotopic (exact) mass is 453 g/mol. The van der Waals surface area contributed by atoms with Crippen molar-refractivity contribution in [1.82, 2.24) is 5.32 Å². The smallest absolute Gasteiger partial charge is 0.258 e. The van der Waals surface area contributed by atoms with E-state index in [1.54, 1.807) is 41.3 Å². The van der Waals surface area contributed by atoms with E-state index in [0.29, 0.717) is 36.2 Å². The zero-order chi connectivity index (χ0) is 23.5. The number of anilines is 2. The predicted molar refractivity (Wildman–Crippen MR) is 132 cm³/mol. The van der Waals surface area contributed by atoms with Gasteiger partial charge in [-0.1, -0.05) is 36.4 Å². The number of amides is 3. The van der Waals surface area contributed by atoms with Crippen LogP contribution in [0.4, 0.5) is 11.4 Å². The second kappa shape index (κ2) is 9.14. The second-order valence-electron chi connectivity index (χ2n) is 9.05. The van der Waals surface area contributed by atoms with E-state index in [1.807, 2.05) is 42.5 Å². The number of nitrogens with zero attached hydrogens (tertiary/aromatic N) is 1. The van der Waals surface area contributed by atoms with Crippen LogP contribution in [-0.2, 0) is 11.2 Å². The van der Waals surface area contributed by atoms with Crippen molar-refractivity contribution >= 4 is 29.1 Å². The van der Waals surface area contributed by atoms with E-state index in [0.717, 1.165) is 30.6 Å².